The van der Waals surface area contributed by atoms with E-state index in [0.29, 0.717) is 17.7 Å². The van der Waals surface area contributed by atoms with Crippen LogP contribution in [0.2, 0.25) is 0 Å². The van der Waals surface area contributed by atoms with E-state index in [1.54, 1.807) is 18.2 Å². The first kappa shape index (κ1) is 17.3. The molecule has 0 aliphatic carbocycles. The number of hydrogen-bond donors (Lipinski definition) is 2. The van der Waals surface area contributed by atoms with Crippen molar-refractivity contribution in [1.29, 1.82) is 0 Å². The zero-order chi connectivity index (χ0) is 15.8. The molecule has 1 atom stereocenters. The molecule has 0 unspecified atom stereocenters. The van der Waals surface area contributed by atoms with Crippen molar-refractivity contribution in [2.45, 2.75) is 19.0 Å². The fourth-order valence-corrected chi connectivity index (χ4v) is 2.18. The second kappa shape index (κ2) is 8.51. The second-order valence-electron chi connectivity index (χ2n) is 4.57. The predicted molar refractivity (Wildman–Crippen MR) is 80.8 cm³/mol. The zero-order valence-corrected chi connectivity index (χ0v) is 12.8. The largest absolute Gasteiger partial charge is 0.480 e. The highest BCUT2D eigenvalue weighted by molar-refractivity contribution is 7.98. The predicted octanol–water partition coefficient (Wildman–Crippen LogP) is 2.17. The van der Waals surface area contributed by atoms with Crippen molar-refractivity contribution in [2.24, 2.45) is 0 Å². The molecule has 1 rings (SSSR count). The van der Waals surface area contributed by atoms with Gasteiger partial charge in [-0.15, -0.1) is 0 Å². The number of thioether (sulfide) groups is 1. The van der Waals surface area contributed by atoms with Crippen LogP contribution in [0.25, 0.3) is 0 Å². The van der Waals surface area contributed by atoms with E-state index in [0.717, 1.165) is 0 Å². The number of amides is 2. The molecule has 2 N–H and O–H groups in total. The molecule has 0 aromatic heterocycles. The lowest BCUT2D eigenvalue weighted by atomic mass is 10.2. The monoisotopic (exact) mass is 314 g/mol. The van der Waals surface area contributed by atoms with Crippen molar-refractivity contribution in [3.8, 4) is 0 Å². The number of urea groups is 1. The molecule has 0 saturated carbocycles. The van der Waals surface area contributed by atoms with Gasteiger partial charge in [0.1, 0.15) is 11.9 Å². The molecule has 2 amide bonds. The Labute approximate surface area is 127 Å². The SMILES string of the molecule is CSCC[C@H](NC(=O)N(C)Cc1ccccc1F)C(=O)O. The van der Waals surface area contributed by atoms with Gasteiger partial charge in [-0.25, -0.2) is 14.0 Å². The summed E-state index contributed by atoms with van der Waals surface area (Å²) in [5.74, 6) is -0.833. The summed E-state index contributed by atoms with van der Waals surface area (Å²) in [5, 5.41) is 11.5. The standard InChI is InChI=1S/C14H19FN2O3S/c1-17(9-10-5-3-4-6-11(10)15)14(20)16-12(13(18)19)7-8-21-2/h3-6,12H,7-9H2,1-2H3,(H,16,20)(H,18,19)/t12-/m0/s1. The van der Waals surface area contributed by atoms with Gasteiger partial charge < -0.3 is 15.3 Å². The van der Waals surface area contributed by atoms with Gasteiger partial charge >= 0.3 is 12.0 Å². The number of hydrogen-bond acceptors (Lipinski definition) is 3. The van der Waals surface area contributed by atoms with Gasteiger partial charge in [-0.1, -0.05) is 18.2 Å². The van der Waals surface area contributed by atoms with Gasteiger partial charge in [0.05, 0.1) is 0 Å². The van der Waals surface area contributed by atoms with Gasteiger partial charge in [0, 0.05) is 19.2 Å². The van der Waals surface area contributed by atoms with Crippen LogP contribution in [0, 0.1) is 5.82 Å². The number of carbonyl (C=O) groups is 2. The van der Waals surface area contributed by atoms with Crippen molar-refractivity contribution in [3.05, 3.63) is 35.6 Å². The lowest BCUT2D eigenvalue weighted by Gasteiger charge is -2.21. The lowest BCUT2D eigenvalue weighted by Crippen LogP contribution is -2.46. The summed E-state index contributed by atoms with van der Waals surface area (Å²) in [6.45, 7) is 0.0768. The zero-order valence-electron chi connectivity index (χ0n) is 12.0. The fraction of sp³-hybridized carbons (Fsp3) is 0.429. The van der Waals surface area contributed by atoms with Crippen molar-refractivity contribution in [2.75, 3.05) is 19.1 Å². The van der Waals surface area contributed by atoms with Crippen molar-refractivity contribution in [3.63, 3.8) is 0 Å². The Balaban J connectivity index is 2.61. The van der Waals surface area contributed by atoms with Crippen LogP contribution < -0.4 is 5.32 Å². The maximum Gasteiger partial charge on any atom is 0.326 e. The Kier molecular flexibility index (Phi) is 7.01. The quantitative estimate of drug-likeness (QED) is 0.809. The number of carboxylic acid groups (broad SMARTS) is 1. The Morgan fingerprint density at radius 2 is 2.10 bits per heavy atom. The van der Waals surface area contributed by atoms with E-state index in [4.69, 9.17) is 5.11 Å². The number of rotatable bonds is 7. The maximum absolute atomic E-state index is 13.5. The smallest absolute Gasteiger partial charge is 0.326 e. The first-order valence-corrected chi connectivity index (χ1v) is 7.82. The third-order valence-electron chi connectivity index (χ3n) is 2.92. The van der Waals surface area contributed by atoms with E-state index in [1.165, 1.54) is 29.8 Å². The number of halogens is 1. The minimum Gasteiger partial charge on any atom is -0.480 e. The third-order valence-corrected chi connectivity index (χ3v) is 3.56. The van der Waals surface area contributed by atoms with Crippen LogP contribution in [-0.2, 0) is 11.3 Å². The van der Waals surface area contributed by atoms with Gasteiger partial charge in [0.25, 0.3) is 0 Å². The summed E-state index contributed by atoms with van der Waals surface area (Å²) in [6.07, 6.45) is 2.21. The molecule has 5 nitrogen and oxygen atoms in total. The molecule has 0 aliphatic heterocycles. The van der Waals surface area contributed by atoms with Gasteiger partial charge in [0.2, 0.25) is 0 Å². The van der Waals surface area contributed by atoms with E-state index in [1.807, 2.05) is 6.26 Å². The molecular formula is C14H19FN2O3S. The summed E-state index contributed by atoms with van der Waals surface area (Å²) in [4.78, 5) is 24.3. The number of benzene rings is 1. The molecule has 0 aliphatic rings. The Morgan fingerprint density at radius 1 is 1.43 bits per heavy atom. The highest BCUT2D eigenvalue weighted by atomic mass is 32.2. The molecule has 1 aromatic rings. The average Bonchev–Trinajstić information content (AvgIpc) is 2.45. The number of carbonyl (C=O) groups excluding carboxylic acids is 1. The van der Waals surface area contributed by atoms with E-state index < -0.39 is 23.9 Å². The van der Waals surface area contributed by atoms with E-state index in [9.17, 15) is 14.0 Å². The highest BCUT2D eigenvalue weighted by Gasteiger charge is 2.21. The molecule has 0 saturated heterocycles. The van der Waals surface area contributed by atoms with Gasteiger partial charge in [-0.3, -0.25) is 0 Å². The summed E-state index contributed by atoms with van der Waals surface area (Å²) in [6, 6.07) is 4.69. The van der Waals surface area contributed by atoms with Gasteiger partial charge in [0.15, 0.2) is 0 Å². The normalized spacial score (nSPS) is 11.8. The summed E-state index contributed by atoms with van der Waals surface area (Å²) in [7, 11) is 1.50. The van der Waals surface area contributed by atoms with Crippen LogP contribution in [0.15, 0.2) is 24.3 Å². The lowest BCUT2D eigenvalue weighted by molar-refractivity contribution is -0.139. The molecule has 0 fully saturated rings. The molecule has 0 heterocycles. The van der Waals surface area contributed by atoms with E-state index >= 15 is 0 Å². The van der Waals surface area contributed by atoms with Crippen LogP contribution in [0.3, 0.4) is 0 Å². The minimum atomic E-state index is -1.07. The molecule has 7 heteroatoms. The minimum absolute atomic E-state index is 0.0768. The first-order chi connectivity index (χ1) is 9.95. The van der Waals surface area contributed by atoms with E-state index in [2.05, 4.69) is 5.32 Å². The summed E-state index contributed by atoms with van der Waals surface area (Å²) in [5.41, 5.74) is 0.381. The van der Waals surface area contributed by atoms with Crippen LogP contribution in [-0.4, -0.2) is 47.1 Å². The maximum atomic E-state index is 13.5. The second-order valence-corrected chi connectivity index (χ2v) is 5.55. The Hall–Kier alpha value is -1.76. The molecule has 0 bridgehead atoms. The topological polar surface area (TPSA) is 69.6 Å². The van der Waals surface area contributed by atoms with Crippen LogP contribution in [0.1, 0.15) is 12.0 Å². The molecule has 0 radical (unpaired) electrons. The Morgan fingerprint density at radius 3 is 2.67 bits per heavy atom. The summed E-state index contributed by atoms with van der Waals surface area (Å²) >= 11 is 1.51. The van der Waals surface area contributed by atoms with Crippen molar-refractivity contribution < 1.29 is 19.1 Å². The highest BCUT2D eigenvalue weighted by Crippen LogP contribution is 2.09. The molecular weight excluding hydrogens is 295 g/mol. The van der Waals surface area contributed by atoms with Crippen molar-refractivity contribution >= 4 is 23.8 Å². The number of nitrogens with zero attached hydrogens (tertiary/aromatic N) is 1. The summed E-state index contributed by atoms with van der Waals surface area (Å²) < 4.78 is 13.5. The van der Waals surface area contributed by atoms with Crippen LogP contribution in [0.4, 0.5) is 9.18 Å². The first-order valence-electron chi connectivity index (χ1n) is 6.42. The number of aliphatic carboxylic acids is 1. The molecule has 116 valence electrons. The number of carboxylic acids is 1. The molecule has 0 spiro atoms. The van der Waals surface area contributed by atoms with Crippen molar-refractivity contribution in [1.82, 2.24) is 10.2 Å². The van der Waals surface area contributed by atoms with Crippen LogP contribution in [0.5, 0.6) is 0 Å². The van der Waals surface area contributed by atoms with E-state index in [-0.39, 0.29) is 6.54 Å². The molecule has 21 heavy (non-hydrogen) atoms. The Bertz CT molecular complexity index is 499. The van der Waals surface area contributed by atoms with Crippen LogP contribution >= 0.6 is 11.8 Å². The molecule has 1 aromatic carbocycles. The third kappa shape index (κ3) is 5.63. The number of nitrogens with one attached hydrogen (secondary N) is 1. The van der Waals surface area contributed by atoms with Gasteiger partial charge in [-0.05, 0) is 24.5 Å². The average molecular weight is 314 g/mol. The fourth-order valence-electron chi connectivity index (χ4n) is 1.71. The van der Waals surface area contributed by atoms with Gasteiger partial charge in [-0.2, -0.15) is 11.8 Å².